The maximum atomic E-state index is 11.2. The van der Waals surface area contributed by atoms with Gasteiger partial charge in [-0.25, -0.2) is 9.78 Å². The average Bonchev–Trinajstić information content (AvgIpc) is 2.35. The Labute approximate surface area is 110 Å². The van der Waals surface area contributed by atoms with Crippen molar-refractivity contribution in [2.45, 2.75) is 13.3 Å². The van der Waals surface area contributed by atoms with Crippen LogP contribution in [0.1, 0.15) is 23.7 Å². The van der Waals surface area contributed by atoms with Crippen LogP contribution in [-0.4, -0.2) is 22.6 Å². The summed E-state index contributed by atoms with van der Waals surface area (Å²) in [6, 6.07) is 6.82. The van der Waals surface area contributed by atoms with E-state index in [2.05, 4.69) is 10.3 Å². The van der Waals surface area contributed by atoms with Crippen molar-refractivity contribution in [2.75, 3.05) is 11.9 Å². The molecule has 0 aliphatic heterocycles. The smallest absolute Gasteiger partial charge is 0.339 e. The molecule has 0 spiro atoms. The Kier molecular flexibility index (Phi) is 3.67. The molecule has 4 nitrogen and oxygen atoms in total. The summed E-state index contributed by atoms with van der Waals surface area (Å²) in [5.41, 5.74) is 0.890. The number of anilines is 1. The fourth-order valence-electron chi connectivity index (χ4n) is 1.69. The lowest BCUT2D eigenvalue weighted by atomic mass is 10.1. The lowest BCUT2D eigenvalue weighted by Crippen LogP contribution is -2.09. The number of nitrogens with one attached hydrogen (secondary N) is 1. The molecular weight excluding hydrogens is 252 g/mol. The Bertz CT molecular complexity index is 599. The van der Waals surface area contributed by atoms with Gasteiger partial charge in [-0.1, -0.05) is 18.5 Å². The van der Waals surface area contributed by atoms with Gasteiger partial charge in [-0.15, -0.1) is 0 Å². The normalized spacial score (nSPS) is 10.6. The summed E-state index contributed by atoms with van der Waals surface area (Å²) in [5, 5.41) is 13.5. The molecule has 0 amide bonds. The summed E-state index contributed by atoms with van der Waals surface area (Å²) in [6.07, 6.45) is 0.902. The van der Waals surface area contributed by atoms with Gasteiger partial charge in [0.2, 0.25) is 0 Å². The standard InChI is InChI=1S/C13H13ClN2O2/c1-2-5-15-12-10(13(17)18)7-8-6-9(14)3-4-11(8)16-12/h3-4,6-7H,2,5H2,1H3,(H,15,16)(H,17,18). The molecule has 0 aliphatic rings. The SMILES string of the molecule is CCCNc1nc2ccc(Cl)cc2cc1C(=O)O. The first-order valence-electron chi connectivity index (χ1n) is 5.69. The molecule has 0 fully saturated rings. The maximum Gasteiger partial charge on any atom is 0.339 e. The van der Waals surface area contributed by atoms with Crippen molar-refractivity contribution in [3.63, 3.8) is 0 Å². The molecule has 5 heteroatoms. The number of hydrogen-bond donors (Lipinski definition) is 2. The molecule has 0 unspecified atom stereocenters. The van der Waals surface area contributed by atoms with Gasteiger partial charge in [-0.2, -0.15) is 0 Å². The van der Waals surface area contributed by atoms with Gasteiger partial charge in [-0.05, 0) is 30.7 Å². The average molecular weight is 265 g/mol. The third-order valence-electron chi connectivity index (χ3n) is 2.55. The van der Waals surface area contributed by atoms with Crippen LogP contribution in [0.2, 0.25) is 5.02 Å². The molecule has 0 atom stereocenters. The minimum Gasteiger partial charge on any atom is -0.478 e. The molecule has 0 saturated heterocycles. The quantitative estimate of drug-likeness (QED) is 0.888. The van der Waals surface area contributed by atoms with Gasteiger partial charge in [0, 0.05) is 17.0 Å². The topological polar surface area (TPSA) is 62.2 Å². The van der Waals surface area contributed by atoms with Crippen LogP contribution in [0, 0.1) is 0 Å². The fraction of sp³-hybridized carbons (Fsp3) is 0.231. The second-order valence-electron chi connectivity index (χ2n) is 3.95. The molecule has 94 valence electrons. The first-order valence-corrected chi connectivity index (χ1v) is 6.07. The van der Waals surface area contributed by atoms with Crippen LogP contribution in [0.4, 0.5) is 5.82 Å². The van der Waals surface area contributed by atoms with Crippen molar-refractivity contribution in [1.29, 1.82) is 0 Å². The van der Waals surface area contributed by atoms with Crippen molar-refractivity contribution in [1.82, 2.24) is 4.98 Å². The number of halogens is 1. The second-order valence-corrected chi connectivity index (χ2v) is 4.39. The first-order chi connectivity index (χ1) is 8.61. The zero-order valence-corrected chi connectivity index (χ0v) is 10.7. The number of benzene rings is 1. The van der Waals surface area contributed by atoms with E-state index in [1.807, 2.05) is 6.92 Å². The number of nitrogens with zero attached hydrogens (tertiary/aromatic N) is 1. The van der Waals surface area contributed by atoms with Crippen LogP contribution in [0.25, 0.3) is 10.9 Å². The molecule has 0 saturated carbocycles. The number of aromatic nitrogens is 1. The van der Waals surface area contributed by atoms with E-state index in [0.29, 0.717) is 17.4 Å². The van der Waals surface area contributed by atoms with E-state index >= 15 is 0 Å². The van der Waals surface area contributed by atoms with Gasteiger partial charge in [0.15, 0.2) is 0 Å². The molecule has 0 radical (unpaired) electrons. The fourth-order valence-corrected chi connectivity index (χ4v) is 1.87. The molecule has 2 aromatic rings. The van der Waals surface area contributed by atoms with Crippen LogP contribution < -0.4 is 5.32 Å². The molecule has 2 rings (SSSR count). The molecule has 1 aromatic heterocycles. The van der Waals surface area contributed by atoms with Gasteiger partial charge in [0.1, 0.15) is 11.4 Å². The summed E-state index contributed by atoms with van der Waals surface area (Å²) in [6.45, 7) is 2.70. The number of fused-ring (bicyclic) bond motifs is 1. The molecule has 0 bridgehead atoms. The maximum absolute atomic E-state index is 11.2. The van der Waals surface area contributed by atoms with Crippen LogP contribution >= 0.6 is 11.6 Å². The van der Waals surface area contributed by atoms with E-state index < -0.39 is 5.97 Å². The number of hydrogen-bond acceptors (Lipinski definition) is 3. The van der Waals surface area contributed by atoms with Crippen LogP contribution in [-0.2, 0) is 0 Å². The Morgan fingerprint density at radius 2 is 2.22 bits per heavy atom. The molecule has 1 heterocycles. The number of rotatable bonds is 4. The Balaban J connectivity index is 2.57. The van der Waals surface area contributed by atoms with E-state index in [1.165, 1.54) is 0 Å². The van der Waals surface area contributed by atoms with Crippen molar-refractivity contribution in [3.05, 3.63) is 34.9 Å². The van der Waals surface area contributed by atoms with E-state index in [1.54, 1.807) is 24.3 Å². The van der Waals surface area contributed by atoms with E-state index in [4.69, 9.17) is 11.6 Å². The second kappa shape index (κ2) is 5.23. The summed E-state index contributed by atoms with van der Waals surface area (Å²) in [5.74, 6) is -0.595. The summed E-state index contributed by atoms with van der Waals surface area (Å²) in [7, 11) is 0. The lowest BCUT2D eigenvalue weighted by Gasteiger charge is -2.09. The minimum atomic E-state index is -0.997. The summed E-state index contributed by atoms with van der Waals surface area (Å²) >= 11 is 5.88. The summed E-state index contributed by atoms with van der Waals surface area (Å²) < 4.78 is 0. The lowest BCUT2D eigenvalue weighted by molar-refractivity contribution is 0.0698. The van der Waals surface area contributed by atoms with Gasteiger partial charge < -0.3 is 10.4 Å². The number of carboxylic acid groups (broad SMARTS) is 1. The van der Waals surface area contributed by atoms with Crippen LogP contribution in [0.15, 0.2) is 24.3 Å². The van der Waals surface area contributed by atoms with Gasteiger partial charge in [0.05, 0.1) is 5.52 Å². The monoisotopic (exact) mass is 264 g/mol. The summed E-state index contributed by atoms with van der Waals surface area (Å²) in [4.78, 5) is 15.5. The highest BCUT2D eigenvalue weighted by molar-refractivity contribution is 6.31. The zero-order chi connectivity index (χ0) is 13.1. The Morgan fingerprint density at radius 3 is 2.89 bits per heavy atom. The van der Waals surface area contributed by atoms with Crippen molar-refractivity contribution in [2.24, 2.45) is 0 Å². The number of aromatic carboxylic acids is 1. The van der Waals surface area contributed by atoms with Crippen LogP contribution in [0.5, 0.6) is 0 Å². The van der Waals surface area contributed by atoms with E-state index in [9.17, 15) is 9.90 Å². The molecule has 1 aromatic carbocycles. The van der Waals surface area contributed by atoms with Crippen LogP contribution in [0.3, 0.4) is 0 Å². The highest BCUT2D eigenvalue weighted by Crippen LogP contribution is 2.23. The number of carboxylic acids is 1. The third-order valence-corrected chi connectivity index (χ3v) is 2.78. The minimum absolute atomic E-state index is 0.165. The van der Waals surface area contributed by atoms with Gasteiger partial charge >= 0.3 is 5.97 Å². The van der Waals surface area contributed by atoms with Crippen molar-refractivity contribution in [3.8, 4) is 0 Å². The van der Waals surface area contributed by atoms with Gasteiger partial charge in [0.25, 0.3) is 0 Å². The Morgan fingerprint density at radius 1 is 1.44 bits per heavy atom. The molecule has 2 N–H and O–H groups in total. The predicted octanol–water partition coefficient (Wildman–Crippen LogP) is 3.41. The third kappa shape index (κ3) is 2.54. The predicted molar refractivity (Wildman–Crippen MR) is 72.5 cm³/mol. The molecule has 18 heavy (non-hydrogen) atoms. The van der Waals surface area contributed by atoms with Crippen molar-refractivity contribution < 1.29 is 9.90 Å². The zero-order valence-electron chi connectivity index (χ0n) is 9.90. The first kappa shape index (κ1) is 12.6. The molecular formula is C13H13ClN2O2. The van der Waals surface area contributed by atoms with E-state index in [-0.39, 0.29) is 5.56 Å². The highest BCUT2D eigenvalue weighted by Gasteiger charge is 2.13. The van der Waals surface area contributed by atoms with E-state index in [0.717, 1.165) is 17.3 Å². The largest absolute Gasteiger partial charge is 0.478 e. The van der Waals surface area contributed by atoms with Gasteiger partial charge in [-0.3, -0.25) is 0 Å². The molecule has 0 aliphatic carbocycles. The number of carbonyl (C=O) groups is 1. The Hall–Kier alpha value is -1.81. The highest BCUT2D eigenvalue weighted by atomic mass is 35.5. The van der Waals surface area contributed by atoms with Crippen molar-refractivity contribution >= 4 is 34.3 Å². The number of pyridine rings is 1.